The van der Waals surface area contributed by atoms with Crippen LogP contribution in [0.25, 0.3) is 11.3 Å². The standard InChI is InChI=1S/C22H19N3O4S/c26-20-9-16(11-25(20)10-14-4-2-1-3-5-14)21(27)24-22-23-17(12-30-22)15-6-7-18-19(8-15)29-13-28-18/h1-8,12,16H,9-11,13H2,(H,23,24,27)/t16-/m0/s1. The van der Waals surface area contributed by atoms with Crippen LogP contribution in [0, 0.1) is 5.92 Å². The number of likely N-dealkylation sites (tertiary alicyclic amines) is 1. The number of carbonyl (C=O) groups is 2. The Morgan fingerprint density at radius 3 is 2.87 bits per heavy atom. The number of anilines is 1. The van der Waals surface area contributed by atoms with Gasteiger partial charge in [-0.05, 0) is 23.8 Å². The Hall–Kier alpha value is -3.39. The third-order valence-corrected chi connectivity index (χ3v) is 5.96. The molecule has 0 unspecified atom stereocenters. The van der Waals surface area contributed by atoms with Crippen LogP contribution in [0.3, 0.4) is 0 Å². The first-order valence-corrected chi connectivity index (χ1v) is 10.5. The van der Waals surface area contributed by atoms with Crippen LogP contribution in [0.4, 0.5) is 5.13 Å². The monoisotopic (exact) mass is 421 g/mol. The number of hydrogen-bond acceptors (Lipinski definition) is 6. The van der Waals surface area contributed by atoms with Gasteiger partial charge in [0.1, 0.15) is 0 Å². The van der Waals surface area contributed by atoms with Crippen molar-refractivity contribution >= 4 is 28.3 Å². The van der Waals surface area contributed by atoms with Crippen LogP contribution in [0.1, 0.15) is 12.0 Å². The molecule has 1 saturated heterocycles. The summed E-state index contributed by atoms with van der Waals surface area (Å²) in [4.78, 5) is 31.3. The summed E-state index contributed by atoms with van der Waals surface area (Å²) in [6.07, 6.45) is 0.221. The van der Waals surface area contributed by atoms with Crippen molar-refractivity contribution in [3.63, 3.8) is 0 Å². The van der Waals surface area contributed by atoms with Gasteiger partial charge in [-0.2, -0.15) is 0 Å². The smallest absolute Gasteiger partial charge is 0.231 e. The highest BCUT2D eigenvalue weighted by molar-refractivity contribution is 7.14. The van der Waals surface area contributed by atoms with Gasteiger partial charge in [0, 0.05) is 30.5 Å². The van der Waals surface area contributed by atoms with E-state index >= 15 is 0 Å². The van der Waals surface area contributed by atoms with E-state index in [4.69, 9.17) is 9.47 Å². The van der Waals surface area contributed by atoms with E-state index in [0.717, 1.165) is 16.8 Å². The predicted molar refractivity (Wildman–Crippen MR) is 112 cm³/mol. The van der Waals surface area contributed by atoms with E-state index in [2.05, 4.69) is 10.3 Å². The van der Waals surface area contributed by atoms with Gasteiger partial charge in [-0.15, -0.1) is 11.3 Å². The molecule has 3 heterocycles. The van der Waals surface area contributed by atoms with Crippen molar-refractivity contribution in [1.29, 1.82) is 0 Å². The van der Waals surface area contributed by atoms with Crippen molar-refractivity contribution in [2.75, 3.05) is 18.7 Å². The molecule has 2 aliphatic rings. The van der Waals surface area contributed by atoms with Crippen molar-refractivity contribution in [2.24, 2.45) is 5.92 Å². The molecular formula is C22H19N3O4S. The fraction of sp³-hybridized carbons (Fsp3) is 0.227. The highest BCUT2D eigenvalue weighted by Crippen LogP contribution is 2.36. The van der Waals surface area contributed by atoms with Crippen LogP contribution >= 0.6 is 11.3 Å². The SMILES string of the molecule is O=C(Nc1nc(-c2ccc3c(c2)OCO3)cs1)[C@H]1CC(=O)N(Cc2ccccc2)C1. The lowest BCUT2D eigenvalue weighted by atomic mass is 10.1. The molecule has 1 fully saturated rings. The van der Waals surface area contributed by atoms with Crippen molar-refractivity contribution in [3.8, 4) is 22.8 Å². The summed E-state index contributed by atoms with van der Waals surface area (Å²) in [5.41, 5.74) is 2.70. The van der Waals surface area contributed by atoms with Crippen molar-refractivity contribution in [2.45, 2.75) is 13.0 Å². The topological polar surface area (TPSA) is 80.8 Å². The molecule has 2 amide bonds. The van der Waals surface area contributed by atoms with Gasteiger partial charge in [-0.3, -0.25) is 9.59 Å². The number of amides is 2. The van der Waals surface area contributed by atoms with Gasteiger partial charge in [0.05, 0.1) is 11.6 Å². The molecule has 0 bridgehead atoms. The third-order valence-electron chi connectivity index (χ3n) is 5.20. The highest BCUT2D eigenvalue weighted by Gasteiger charge is 2.34. The van der Waals surface area contributed by atoms with E-state index < -0.39 is 0 Å². The fourth-order valence-corrected chi connectivity index (χ4v) is 4.35. The van der Waals surface area contributed by atoms with Gasteiger partial charge in [0.2, 0.25) is 18.6 Å². The Labute approximate surface area is 177 Å². The molecular weight excluding hydrogens is 402 g/mol. The molecule has 0 aliphatic carbocycles. The Bertz CT molecular complexity index is 1100. The zero-order chi connectivity index (χ0) is 20.5. The van der Waals surface area contributed by atoms with Gasteiger partial charge >= 0.3 is 0 Å². The van der Waals surface area contributed by atoms with E-state index in [0.29, 0.717) is 29.7 Å². The number of fused-ring (bicyclic) bond motifs is 1. The number of rotatable bonds is 5. The van der Waals surface area contributed by atoms with Crippen LogP contribution in [0.15, 0.2) is 53.9 Å². The van der Waals surface area contributed by atoms with Crippen LogP contribution in [-0.4, -0.2) is 35.0 Å². The number of ether oxygens (including phenoxy) is 2. The Morgan fingerprint density at radius 1 is 1.17 bits per heavy atom. The summed E-state index contributed by atoms with van der Waals surface area (Å²) in [5, 5.41) is 5.26. The second kappa shape index (κ2) is 7.79. The van der Waals surface area contributed by atoms with Crippen LogP contribution in [-0.2, 0) is 16.1 Å². The second-order valence-electron chi connectivity index (χ2n) is 7.26. The number of aromatic nitrogens is 1. The minimum atomic E-state index is -0.376. The number of hydrogen-bond donors (Lipinski definition) is 1. The van der Waals surface area contributed by atoms with Gasteiger partial charge in [0.15, 0.2) is 16.6 Å². The zero-order valence-corrected chi connectivity index (χ0v) is 16.9. The van der Waals surface area contributed by atoms with Gasteiger partial charge < -0.3 is 19.7 Å². The number of benzene rings is 2. The molecule has 2 aliphatic heterocycles. The minimum Gasteiger partial charge on any atom is -0.454 e. The molecule has 1 N–H and O–H groups in total. The first kappa shape index (κ1) is 18.6. The number of nitrogens with zero attached hydrogens (tertiary/aromatic N) is 2. The number of nitrogens with one attached hydrogen (secondary N) is 1. The lowest BCUT2D eigenvalue weighted by Crippen LogP contribution is -2.28. The molecule has 8 heteroatoms. The lowest BCUT2D eigenvalue weighted by molar-refractivity contribution is -0.128. The average molecular weight is 421 g/mol. The predicted octanol–water partition coefficient (Wildman–Crippen LogP) is 3.53. The van der Waals surface area contributed by atoms with Crippen LogP contribution in [0.2, 0.25) is 0 Å². The first-order valence-electron chi connectivity index (χ1n) is 9.64. The van der Waals surface area contributed by atoms with E-state index in [1.807, 2.05) is 53.9 Å². The second-order valence-corrected chi connectivity index (χ2v) is 8.11. The molecule has 1 atom stereocenters. The molecule has 7 nitrogen and oxygen atoms in total. The summed E-state index contributed by atoms with van der Waals surface area (Å²) in [6.45, 7) is 1.16. The van der Waals surface area contributed by atoms with Crippen LogP contribution < -0.4 is 14.8 Å². The molecule has 0 radical (unpaired) electrons. The first-order chi connectivity index (χ1) is 14.7. The molecule has 30 heavy (non-hydrogen) atoms. The van der Waals surface area contributed by atoms with E-state index in [1.165, 1.54) is 11.3 Å². The van der Waals surface area contributed by atoms with E-state index in [-0.39, 0.29) is 30.9 Å². The van der Waals surface area contributed by atoms with E-state index in [1.54, 1.807) is 4.90 Å². The van der Waals surface area contributed by atoms with Crippen LogP contribution in [0.5, 0.6) is 11.5 Å². The van der Waals surface area contributed by atoms with Gasteiger partial charge in [-0.1, -0.05) is 30.3 Å². The molecule has 1 aromatic heterocycles. The Balaban J connectivity index is 1.22. The summed E-state index contributed by atoms with van der Waals surface area (Å²) < 4.78 is 10.7. The summed E-state index contributed by atoms with van der Waals surface area (Å²) >= 11 is 1.36. The molecule has 2 aromatic carbocycles. The maximum absolute atomic E-state index is 12.7. The lowest BCUT2D eigenvalue weighted by Gasteiger charge is -2.16. The van der Waals surface area contributed by atoms with E-state index in [9.17, 15) is 9.59 Å². The highest BCUT2D eigenvalue weighted by atomic mass is 32.1. The van der Waals surface area contributed by atoms with Crippen molar-refractivity contribution in [3.05, 3.63) is 59.5 Å². The fourth-order valence-electron chi connectivity index (χ4n) is 3.63. The van der Waals surface area contributed by atoms with Crippen molar-refractivity contribution < 1.29 is 19.1 Å². The summed E-state index contributed by atoms with van der Waals surface area (Å²) in [6, 6.07) is 15.4. The Morgan fingerprint density at radius 2 is 2.00 bits per heavy atom. The quantitative estimate of drug-likeness (QED) is 0.682. The Kier molecular flexibility index (Phi) is 4.84. The summed E-state index contributed by atoms with van der Waals surface area (Å²) in [7, 11) is 0. The normalized spacial score (nSPS) is 17.4. The molecule has 0 spiro atoms. The maximum atomic E-state index is 12.7. The maximum Gasteiger partial charge on any atom is 0.231 e. The minimum absolute atomic E-state index is 0.000749. The van der Waals surface area contributed by atoms with Gasteiger partial charge in [0.25, 0.3) is 0 Å². The van der Waals surface area contributed by atoms with Crippen molar-refractivity contribution in [1.82, 2.24) is 9.88 Å². The average Bonchev–Trinajstić information content (AvgIpc) is 3.49. The summed E-state index contributed by atoms with van der Waals surface area (Å²) in [5.74, 6) is 0.853. The number of carbonyl (C=O) groups excluding carboxylic acids is 2. The molecule has 5 rings (SSSR count). The van der Waals surface area contributed by atoms with Gasteiger partial charge in [-0.25, -0.2) is 4.98 Å². The molecule has 152 valence electrons. The molecule has 3 aromatic rings. The number of thiazole rings is 1. The zero-order valence-electron chi connectivity index (χ0n) is 16.0. The molecule has 0 saturated carbocycles. The third kappa shape index (κ3) is 3.73. The largest absolute Gasteiger partial charge is 0.454 e.